The maximum atomic E-state index is 4.81. The van der Waals surface area contributed by atoms with E-state index in [9.17, 15) is 0 Å². The van der Waals surface area contributed by atoms with Gasteiger partial charge in [0.2, 0.25) is 0 Å². The van der Waals surface area contributed by atoms with Crippen LogP contribution in [-0.2, 0) is 6.54 Å². The van der Waals surface area contributed by atoms with Crippen molar-refractivity contribution in [3.8, 4) is 11.3 Å². The molecule has 0 spiro atoms. The highest BCUT2D eigenvalue weighted by Gasteiger charge is 2.16. The third kappa shape index (κ3) is 3.89. The van der Waals surface area contributed by atoms with E-state index < -0.39 is 0 Å². The van der Waals surface area contributed by atoms with Crippen LogP contribution in [0.1, 0.15) is 24.1 Å². The van der Waals surface area contributed by atoms with E-state index in [1.165, 1.54) is 18.4 Å². The number of aromatic nitrogens is 2. The number of benzene rings is 1. The first-order valence-corrected chi connectivity index (χ1v) is 9.78. The quantitative estimate of drug-likeness (QED) is 0.846. The number of aryl methyl sites for hydroxylation is 1. The summed E-state index contributed by atoms with van der Waals surface area (Å²) in [5, 5.41) is 0. The molecule has 3 heterocycles. The zero-order valence-corrected chi connectivity index (χ0v) is 16.0. The minimum atomic E-state index is 0.999. The highest BCUT2D eigenvalue weighted by molar-refractivity contribution is 5.62. The highest BCUT2D eigenvalue weighted by atomic mass is 15.2. The molecule has 0 aliphatic carbocycles. The van der Waals surface area contributed by atoms with Crippen molar-refractivity contribution >= 4 is 5.82 Å². The molecular weight excluding hydrogens is 322 g/mol. The lowest BCUT2D eigenvalue weighted by atomic mass is 10.1. The third-order valence-corrected chi connectivity index (χ3v) is 5.59. The molecule has 0 atom stereocenters. The van der Waals surface area contributed by atoms with Crippen LogP contribution in [0.15, 0.2) is 30.5 Å². The van der Waals surface area contributed by atoms with Gasteiger partial charge in [-0.1, -0.05) is 24.3 Å². The molecule has 1 aromatic carbocycles. The van der Waals surface area contributed by atoms with Crippen molar-refractivity contribution in [2.45, 2.75) is 26.3 Å². The molecule has 1 aromatic heterocycles. The molecule has 2 aliphatic rings. The Morgan fingerprint density at radius 2 is 1.62 bits per heavy atom. The van der Waals surface area contributed by atoms with Gasteiger partial charge in [0.25, 0.3) is 0 Å². The van der Waals surface area contributed by atoms with Crippen molar-refractivity contribution in [2.75, 3.05) is 51.2 Å². The van der Waals surface area contributed by atoms with E-state index in [0.717, 1.165) is 68.6 Å². The van der Waals surface area contributed by atoms with Crippen molar-refractivity contribution in [2.24, 2.45) is 0 Å². The average molecular weight is 351 g/mol. The molecule has 0 N–H and O–H groups in total. The molecular formula is C21H29N5. The number of hydrogen-bond acceptors (Lipinski definition) is 5. The minimum absolute atomic E-state index is 0.999. The summed E-state index contributed by atoms with van der Waals surface area (Å²) < 4.78 is 0. The Labute approximate surface area is 156 Å². The molecule has 2 saturated heterocycles. The molecule has 2 aliphatic heterocycles. The fourth-order valence-electron chi connectivity index (χ4n) is 3.88. The maximum Gasteiger partial charge on any atom is 0.147 e. The Bertz CT molecular complexity index is 729. The zero-order valence-electron chi connectivity index (χ0n) is 16.0. The Hall–Kier alpha value is -1.98. The second-order valence-electron chi connectivity index (χ2n) is 7.63. The van der Waals surface area contributed by atoms with Gasteiger partial charge in [0, 0.05) is 51.4 Å². The molecule has 0 unspecified atom stereocenters. The van der Waals surface area contributed by atoms with Crippen LogP contribution in [0.25, 0.3) is 11.3 Å². The smallest absolute Gasteiger partial charge is 0.147 e. The molecule has 2 fully saturated rings. The maximum absolute atomic E-state index is 4.81. The summed E-state index contributed by atoms with van der Waals surface area (Å²) in [6, 6.07) is 8.86. The Balaban J connectivity index is 1.44. The summed E-state index contributed by atoms with van der Waals surface area (Å²) in [6.07, 6.45) is 4.46. The van der Waals surface area contributed by atoms with Crippen LogP contribution >= 0.6 is 0 Å². The van der Waals surface area contributed by atoms with Crippen molar-refractivity contribution in [1.29, 1.82) is 0 Å². The van der Waals surface area contributed by atoms with Crippen molar-refractivity contribution in [3.05, 3.63) is 41.7 Å². The highest BCUT2D eigenvalue weighted by Crippen LogP contribution is 2.24. The first-order chi connectivity index (χ1) is 12.7. The Morgan fingerprint density at radius 3 is 2.27 bits per heavy atom. The average Bonchev–Trinajstić information content (AvgIpc) is 3.19. The Kier molecular flexibility index (Phi) is 5.18. The molecule has 138 valence electrons. The zero-order chi connectivity index (χ0) is 17.9. The number of rotatable bonds is 4. The molecule has 0 radical (unpaired) electrons. The van der Waals surface area contributed by atoms with Crippen LogP contribution in [0.3, 0.4) is 0 Å². The van der Waals surface area contributed by atoms with Crippen molar-refractivity contribution in [1.82, 2.24) is 19.8 Å². The molecule has 0 bridgehead atoms. The Morgan fingerprint density at radius 1 is 0.923 bits per heavy atom. The summed E-state index contributed by atoms with van der Waals surface area (Å²) in [7, 11) is 2.20. The van der Waals surface area contributed by atoms with Gasteiger partial charge in [-0.25, -0.2) is 4.98 Å². The minimum Gasteiger partial charge on any atom is -0.355 e. The van der Waals surface area contributed by atoms with E-state index in [1.54, 1.807) is 0 Å². The lowest BCUT2D eigenvalue weighted by Gasteiger charge is -2.32. The molecule has 0 amide bonds. The van der Waals surface area contributed by atoms with E-state index in [-0.39, 0.29) is 0 Å². The second kappa shape index (κ2) is 7.72. The van der Waals surface area contributed by atoms with Gasteiger partial charge in [-0.3, -0.25) is 9.88 Å². The van der Waals surface area contributed by atoms with Crippen molar-refractivity contribution in [3.63, 3.8) is 0 Å². The fraction of sp³-hybridized carbons (Fsp3) is 0.524. The largest absolute Gasteiger partial charge is 0.355 e. The van der Waals surface area contributed by atoms with E-state index in [2.05, 4.69) is 52.9 Å². The van der Waals surface area contributed by atoms with Crippen LogP contribution in [-0.4, -0.2) is 66.1 Å². The second-order valence-corrected chi connectivity index (χ2v) is 7.63. The van der Waals surface area contributed by atoms with Crippen LogP contribution in [0.5, 0.6) is 0 Å². The van der Waals surface area contributed by atoms with Gasteiger partial charge in [0.05, 0.1) is 17.6 Å². The summed E-state index contributed by atoms with van der Waals surface area (Å²) in [6.45, 7) is 9.95. The summed E-state index contributed by atoms with van der Waals surface area (Å²) in [5.74, 6) is 1.02. The SMILES string of the molecule is Cc1nc(N2CCCC2)cnc1-c1ccc(CN2CCN(C)CC2)cc1. The molecule has 4 rings (SSSR count). The monoisotopic (exact) mass is 351 g/mol. The molecule has 5 heteroatoms. The normalized spacial score (nSPS) is 19.2. The van der Waals surface area contributed by atoms with Crippen LogP contribution in [0.4, 0.5) is 5.82 Å². The fourth-order valence-corrected chi connectivity index (χ4v) is 3.88. The van der Waals surface area contributed by atoms with Gasteiger partial charge >= 0.3 is 0 Å². The summed E-state index contributed by atoms with van der Waals surface area (Å²) in [4.78, 5) is 16.8. The summed E-state index contributed by atoms with van der Waals surface area (Å²) >= 11 is 0. The van der Waals surface area contributed by atoms with E-state index in [0.29, 0.717) is 0 Å². The first kappa shape index (κ1) is 17.4. The topological polar surface area (TPSA) is 35.5 Å². The van der Waals surface area contributed by atoms with Gasteiger partial charge < -0.3 is 9.80 Å². The van der Waals surface area contributed by atoms with Gasteiger partial charge in [-0.2, -0.15) is 0 Å². The van der Waals surface area contributed by atoms with Gasteiger partial charge in [-0.05, 0) is 32.4 Å². The lowest BCUT2D eigenvalue weighted by molar-refractivity contribution is 0.148. The third-order valence-electron chi connectivity index (χ3n) is 5.59. The summed E-state index contributed by atoms with van der Waals surface area (Å²) in [5.41, 5.74) is 4.54. The van der Waals surface area contributed by atoms with E-state index in [4.69, 9.17) is 9.97 Å². The number of likely N-dealkylation sites (N-methyl/N-ethyl adjacent to an activating group) is 1. The number of nitrogens with zero attached hydrogens (tertiary/aromatic N) is 5. The molecule has 26 heavy (non-hydrogen) atoms. The molecule has 5 nitrogen and oxygen atoms in total. The van der Waals surface area contributed by atoms with Crippen LogP contribution < -0.4 is 4.90 Å². The van der Waals surface area contributed by atoms with Gasteiger partial charge in [0.1, 0.15) is 5.82 Å². The van der Waals surface area contributed by atoms with E-state index in [1.807, 2.05) is 6.20 Å². The van der Waals surface area contributed by atoms with E-state index >= 15 is 0 Å². The number of hydrogen-bond donors (Lipinski definition) is 0. The van der Waals surface area contributed by atoms with Gasteiger partial charge in [-0.15, -0.1) is 0 Å². The lowest BCUT2D eigenvalue weighted by Crippen LogP contribution is -2.43. The van der Waals surface area contributed by atoms with Crippen molar-refractivity contribution < 1.29 is 0 Å². The first-order valence-electron chi connectivity index (χ1n) is 9.78. The predicted molar refractivity (Wildman–Crippen MR) is 106 cm³/mol. The number of piperazine rings is 1. The predicted octanol–water partition coefficient (Wildman–Crippen LogP) is 2.80. The number of anilines is 1. The standard InChI is InChI=1S/C21H29N5/c1-17-21(22-15-20(23-17)26-9-3-4-10-26)19-7-5-18(6-8-19)16-25-13-11-24(2)12-14-25/h5-8,15H,3-4,9-14,16H2,1-2H3. The van der Waals surface area contributed by atoms with Crippen LogP contribution in [0, 0.1) is 6.92 Å². The molecule has 2 aromatic rings. The van der Waals surface area contributed by atoms with Gasteiger partial charge in [0.15, 0.2) is 0 Å². The van der Waals surface area contributed by atoms with Crippen LogP contribution in [0.2, 0.25) is 0 Å². The molecule has 0 saturated carbocycles.